The van der Waals surface area contributed by atoms with Gasteiger partial charge in [-0.25, -0.2) is 0 Å². The summed E-state index contributed by atoms with van der Waals surface area (Å²) in [6, 6.07) is 10.1. The second kappa shape index (κ2) is 6.68. The van der Waals surface area contributed by atoms with Gasteiger partial charge in [0.25, 0.3) is 0 Å². The van der Waals surface area contributed by atoms with Crippen molar-refractivity contribution >= 4 is 29.1 Å². The van der Waals surface area contributed by atoms with Gasteiger partial charge in [-0.15, -0.1) is 0 Å². The molecule has 0 radical (unpaired) electrons. The summed E-state index contributed by atoms with van der Waals surface area (Å²) in [6.07, 6.45) is 3.26. The lowest BCUT2D eigenvalue weighted by atomic mass is 10.3. The summed E-state index contributed by atoms with van der Waals surface area (Å²) in [5.41, 5.74) is 1.29. The van der Waals surface area contributed by atoms with Crippen LogP contribution in [0.4, 0.5) is 5.69 Å². The Labute approximate surface area is 121 Å². The lowest BCUT2D eigenvalue weighted by molar-refractivity contribution is -0.136. The van der Waals surface area contributed by atoms with Crippen LogP contribution in [-0.4, -0.2) is 16.8 Å². The van der Waals surface area contributed by atoms with E-state index in [4.69, 9.17) is 11.6 Å². The fourth-order valence-corrected chi connectivity index (χ4v) is 1.71. The van der Waals surface area contributed by atoms with Crippen molar-refractivity contribution in [1.82, 2.24) is 10.3 Å². The highest BCUT2D eigenvalue weighted by molar-refractivity contribution is 6.39. The van der Waals surface area contributed by atoms with Gasteiger partial charge in [-0.2, -0.15) is 0 Å². The Balaban J connectivity index is 1.88. The van der Waals surface area contributed by atoms with Crippen molar-refractivity contribution in [3.63, 3.8) is 0 Å². The summed E-state index contributed by atoms with van der Waals surface area (Å²) in [7, 11) is 0. The number of nitrogens with one attached hydrogen (secondary N) is 2. The molecule has 0 atom stereocenters. The van der Waals surface area contributed by atoms with E-state index in [1.807, 2.05) is 6.07 Å². The molecule has 0 unspecified atom stereocenters. The van der Waals surface area contributed by atoms with E-state index < -0.39 is 11.8 Å². The Bertz CT molecular complexity index is 617. The molecule has 1 aromatic heterocycles. The van der Waals surface area contributed by atoms with Crippen molar-refractivity contribution in [3.8, 4) is 0 Å². The number of nitrogens with zero attached hydrogens (tertiary/aromatic N) is 1. The number of carbonyl (C=O) groups is 2. The lowest BCUT2D eigenvalue weighted by Gasteiger charge is -2.06. The molecule has 0 aliphatic rings. The summed E-state index contributed by atoms with van der Waals surface area (Å²) in [6.45, 7) is 0.246. The van der Waals surface area contributed by atoms with Crippen molar-refractivity contribution in [2.45, 2.75) is 6.54 Å². The van der Waals surface area contributed by atoms with Gasteiger partial charge in [0, 0.05) is 29.6 Å². The Morgan fingerprint density at radius 3 is 2.70 bits per heavy atom. The summed E-state index contributed by atoms with van der Waals surface area (Å²) in [5.74, 6) is -1.45. The molecule has 102 valence electrons. The smallest absolute Gasteiger partial charge is 0.313 e. The molecule has 0 aliphatic heterocycles. The zero-order valence-electron chi connectivity index (χ0n) is 10.5. The summed E-state index contributed by atoms with van der Waals surface area (Å²) in [5, 5.41) is 5.46. The number of halogens is 1. The van der Waals surface area contributed by atoms with Gasteiger partial charge < -0.3 is 10.6 Å². The van der Waals surface area contributed by atoms with Crippen molar-refractivity contribution in [2.24, 2.45) is 0 Å². The van der Waals surface area contributed by atoms with E-state index in [-0.39, 0.29) is 6.54 Å². The van der Waals surface area contributed by atoms with E-state index >= 15 is 0 Å². The zero-order valence-corrected chi connectivity index (χ0v) is 11.2. The first kappa shape index (κ1) is 14.0. The molecule has 0 spiro atoms. The monoisotopic (exact) mass is 289 g/mol. The quantitative estimate of drug-likeness (QED) is 0.849. The normalized spacial score (nSPS) is 9.85. The number of hydrogen-bond acceptors (Lipinski definition) is 3. The van der Waals surface area contributed by atoms with Gasteiger partial charge >= 0.3 is 11.8 Å². The molecule has 0 saturated carbocycles. The van der Waals surface area contributed by atoms with Crippen LogP contribution in [0, 0.1) is 0 Å². The number of anilines is 1. The van der Waals surface area contributed by atoms with Gasteiger partial charge in [-0.3, -0.25) is 14.6 Å². The topological polar surface area (TPSA) is 71.1 Å². The number of benzene rings is 1. The van der Waals surface area contributed by atoms with Gasteiger partial charge in [0.05, 0.1) is 0 Å². The summed E-state index contributed by atoms with van der Waals surface area (Å²) in [4.78, 5) is 27.2. The van der Waals surface area contributed by atoms with Gasteiger partial charge in [-0.05, 0) is 29.8 Å². The predicted molar refractivity (Wildman–Crippen MR) is 76.2 cm³/mol. The summed E-state index contributed by atoms with van der Waals surface area (Å²) >= 11 is 5.79. The van der Waals surface area contributed by atoms with Crippen molar-refractivity contribution < 1.29 is 9.59 Å². The zero-order chi connectivity index (χ0) is 14.4. The van der Waals surface area contributed by atoms with Crippen LogP contribution < -0.4 is 10.6 Å². The molecule has 2 amide bonds. The van der Waals surface area contributed by atoms with Gasteiger partial charge in [0.15, 0.2) is 0 Å². The number of aromatic nitrogens is 1. The maximum Gasteiger partial charge on any atom is 0.313 e. The number of hydrogen-bond donors (Lipinski definition) is 2. The van der Waals surface area contributed by atoms with Crippen LogP contribution in [0.1, 0.15) is 5.56 Å². The Morgan fingerprint density at radius 1 is 1.15 bits per heavy atom. The Morgan fingerprint density at radius 2 is 2.00 bits per heavy atom. The fourth-order valence-electron chi connectivity index (χ4n) is 1.52. The van der Waals surface area contributed by atoms with Crippen LogP contribution in [0.25, 0.3) is 0 Å². The Kier molecular flexibility index (Phi) is 4.68. The maximum absolute atomic E-state index is 11.7. The minimum absolute atomic E-state index is 0.246. The highest BCUT2D eigenvalue weighted by Gasteiger charge is 2.13. The number of amides is 2. The molecule has 5 nitrogen and oxygen atoms in total. The van der Waals surface area contributed by atoms with Crippen molar-refractivity contribution in [3.05, 3.63) is 59.4 Å². The highest BCUT2D eigenvalue weighted by atomic mass is 35.5. The molecular formula is C14H12ClN3O2. The molecule has 0 fully saturated rings. The first-order valence-electron chi connectivity index (χ1n) is 5.89. The minimum Gasteiger partial charge on any atom is -0.344 e. The van der Waals surface area contributed by atoms with E-state index in [0.717, 1.165) is 5.56 Å². The van der Waals surface area contributed by atoms with Crippen LogP contribution in [0.3, 0.4) is 0 Å². The van der Waals surface area contributed by atoms with Crippen molar-refractivity contribution in [2.75, 3.05) is 5.32 Å². The van der Waals surface area contributed by atoms with Crippen LogP contribution >= 0.6 is 11.6 Å². The average Bonchev–Trinajstić information content (AvgIpc) is 2.46. The largest absolute Gasteiger partial charge is 0.344 e. The molecule has 0 saturated heterocycles. The van der Waals surface area contributed by atoms with E-state index in [2.05, 4.69) is 15.6 Å². The molecule has 2 rings (SSSR count). The molecular weight excluding hydrogens is 278 g/mol. The van der Waals surface area contributed by atoms with Crippen molar-refractivity contribution in [1.29, 1.82) is 0 Å². The molecule has 0 bridgehead atoms. The van der Waals surface area contributed by atoms with E-state index in [9.17, 15) is 9.59 Å². The molecule has 20 heavy (non-hydrogen) atoms. The highest BCUT2D eigenvalue weighted by Crippen LogP contribution is 2.14. The van der Waals surface area contributed by atoms with E-state index in [1.54, 1.807) is 42.7 Å². The van der Waals surface area contributed by atoms with Crippen LogP contribution in [-0.2, 0) is 16.1 Å². The standard InChI is InChI=1S/C14H12ClN3O2/c15-11-4-1-5-12(7-11)18-14(20)13(19)17-9-10-3-2-6-16-8-10/h1-8H,9H2,(H,17,19)(H,18,20). The number of carbonyl (C=O) groups excluding carboxylic acids is 2. The molecule has 0 aliphatic carbocycles. The molecule has 1 aromatic carbocycles. The average molecular weight is 290 g/mol. The maximum atomic E-state index is 11.7. The summed E-state index contributed by atoms with van der Waals surface area (Å²) < 4.78 is 0. The fraction of sp³-hybridized carbons (Fsp3) is 0.0714. The van der Waals surface area contributed by atoms with E-state index in [1.165, 1.54) is 0 Å². The number of pyridine rings is 1. The third-order valence-corrected chi connectivity index (χ3v) is 2.70. The minimum atomic E-state index is -0.740. The molecule has 6 heteroatoms. The van der Waals surface area contributed by atoms with Gasteiger partial charge in [-0.1, -0.05) is 23.7 Å². The predicted octanol–water partition coefficient (Wildman–Crippen LogP) is 1.99. The van der Waals surface area contributed by atoms with Crippen LogP contribution in [0.15, 0.2) is 48.8 Å². The molecule has 2 N–H and O–H groups in total. The van der Waals surface area contributed by atoms with E-state index in [0.29, 0.717) is 10.7 Å². The van der Waals surface area contributed by atoms with Crippen LogP contribution in [0.2, 0.25) is 5.02 Å². The molecule has 2 aromatic rings. The SMILES string of the molecule is O=C(NCc1cccnc1)C(=O)Nc1cccc(Cl)c1. The van der Waals surface area contributed by atoms with Gasteiger partial charge in [0.1, 0.15) is 0 Å². The first-order valence-corrected chi connectivity index (χ1v) is 6.26. The molecule has 1 heterocycles. The second-order valence-electron chi connectivity index (χ2n) is 4.01. The van der Waals surface area contributed by atoms with Crippen LogP contribution in [0.5, 0.6) is 0 Å². The third-order valence-electron chi connectivity index (χ3n) is 2.46. The van der Waals surface area contributed by atoms with Gasteiger partial charge in [0.2, 0.25) is 0 Å². The number of rotatable bonds is 3. The first-order chi connectivity index (χ1) is 9.65. The third kappa shape index (κ3) is 4.07. The Hall–Kier alpha value is -2.40. The lowest BCUT2D eigenvalue weighted by Crippen LogP contribution is -2.34. The second-order valence-corrected chi connectivity index (χ2v) is 4.44.